The average Bonchev–Trinajstić information content (AvgIpc) is 3.27. The Morgan fingerprint density at radius 3 is 2.56 bits per heavy atom. The molecule has 0 aliphatic carbocycles. The average molecular weight is 372 g/mol. The zero-order valence-corrected chi connectivity index (χ0v) is 14.4. The summed E-state index contributed by atoms with van der Waals surface area (Å²) in [6.45, 7) is 2.68. The van der Waals surface area contributed by atoms with Gasteiger partial charge in [0.1, 0.15) is 12.2 Å². The SMILES string of the molecule is CCn1cc(C(F)(F)F)nc1-c1ccc(Cn2ncc3cncnc32)cc1. The van der Waals surface area contributed by atoms with Gasteiger partial charge in [0, 0.05) is 24.5 Å². The second kappa shape index (κ2) is 6.49. The van der Waals surface area contributed by atoms with Gasteiger partial charge in [0.2, 0.25) is 0 Å². The molecule has 0 aliphatic rings. The van der Waals surface area contributed by atoms with Gasteiger partial charge in [-0.1, -0.05) is 24.3 Å². The smallest absolute Gasteiger partial charge is 0.331 e. The van der Waals surface area contributed by atoms with Crippen molar-refractivity contribution in [3.63, 3.8) is 0 Å². The first-order valence-corrected chi connectivity index (χ1v) is 8.31. The van der Waals surface area contributed by atoms with E-state index in [0.717, 1.165) is 22.8 Å². The number of imidazole rings is 1. The van der Waals surface area contributed by atoms with Crippen LogP contribution >= 0.6 is 0 Å². The zero-order valence-electron chi connectivity index (χ0n) is 14.4. The summed E-state index contributed by atoms with van der Waals surface area (Å²) in [4.78, 5) is 12.0. The molecule has 0 spiro atoms. The molecule has 0 unspecified atom stereocenters. The molecule has 6 nitrogen and oxygen atoms in total. The van der Waals surface area contributed by atoms with E-state index < -0.39 is 11.9 Å². The Hall–Kier alpha value is -3.23. The van der Waals surface area contributed by atoms with Crippen LogP contribution in [0.3, 0.4) is 0 Å². The standard InChI is InChI=1S/C18H15F3N6/c1-2-26-10-15(18(19,20)21)25-17(26)13-5-3-12(4-6-13)9-27-16-14(8-24-27)7-22-11-23-16/h3-8,10-11H,2,9H2,1H3. The fourth-order valence-corrected chi connectivity index (χ4v) is 2.90. The fourth-order valence-electron chi connectivity index (χ4n) is 2.90. The molecule has 0 radical (unpaired) electrons. The number of hydrogen-bond acceptors (Lipinski definition) is 4. The van der Waals surface area contributed by atoms with E-state index in [0.29, 0.717) is 24.5 Å². The van der Waals surface area contributed by atoms with Gasteiger partial charge in [-0.25, -0.2) is 19.6 Å². The number of rotatable bonds is 4. The number of aryl methyl sites for hydroxylation is 1. The van der Waals surface area contributed by atoms with Crippen molar-refractivity contribution in [3.8, 4) is 11.4 Å². The summed E-state index contributed by atoms with van der Waals surface area (Å²) in [7, 11) is 0. The van der Waals surface area contributed by atoms with E-state index in [2.05, 4.69) is 20.1 Å². The normalized spacial score (nSPS) is 12.0. The molecule has 27 heavy (non-hydrogen) atoms. The van der Waals surface area contributed by atoms with Crippen LogP contribution in [0.25, 0.3) is 22.4 Å². The second-order valence-electron chi connectivity index (χ2n) is 6.03. The minimum absolute atomic E-state index is 0.300. The van der Waals surface area contributed by atoms with Crippen LogP contribution in [0.15, 0.2) is 49.2 Å². The summed E-state index contributed by atoms with van der Waals surface area (Å²) in [5.41, 5.74) is 1.42. The number of halogens is 3. The third kappa shape index (κ3) is 3.27. The van der Waals surface area contributed by atoms with E-state index in [4.69, 9.17) is 0 Å². The maximum absolute atomic E-state index is 12.9. The van der Waals surface area contributed by atoms with Crippen LogP contribution < -0.4 is 0 Å². The number of hydrogen-bond donors (Lipinski definition) is 0. The summed E-state index contributed by atoms with van der Waals surface area (Å²) in [5, 5.41) is 5.15. The lowest BCUT2D eigenvalue weighted by Gasteiger charge is -2.07. The quantitative estimate of drug-likeness (QED) is 0.547. The van der Waals surface area contributed by atoms with E-state index in [1.807, 2.05) is 12.1 Å². The van der Waals surface area contributed by atoms with E-state index >= 15 is 0 Å². The molecule has 0 saturated carbocycles. The highest BCUT2D eigenvalue weighted by atomic mass is 19.4. The third-order valence-electron chi connectivity index (χ3n) is 4.25. The lowest BCUT2D eigenvalue weighted by Crippen LogP contribution is -2.05. The van der Waals surface area contributed by atoms with Crippen molar-refractivity contribution in [3.05, 3.63) is 60.4 Å². The number of aromatic nitrogens is 6. The first kappa shape index (κ1) is 17.2. The summed E-state index contributed by atoms with van der Waals surface area (Å²) < 4.78 is 42.1. The monoisotopic (exact) mass is 372 g/mol. The number of alkyl halides is 3. The zero-order chi connectivity index (χ0) is 19.0. The van der Waals surface area contributed by atoms with Crippen molar-refractivity contribution in [2.75, 3.05) is 0 Å². The van der Waals surface area contributed by atoms with Crippen LogP contribution in [-0.2, 0) is 19.3 Å². The summed E-state index contributed by atoms with van der Waals surface area (Å²) in [6.07, 6.45) is 1.43. The minimum atomic E-state index is -4.46. The van der Waals surface area contributed by atoms with Crippen molar-refractivity contribution >= 4 is 11.0 Å². The lowest BCUT2D eigenvalue weighted by molar-refractivity contribution is -0.140. The molecule has 0 amide bonds. The van der Waals surface area contributed by atoms with Gasteiger partial charge in [-0.15, -0.1) is 0 Å². The molecule has 3 aromatic heterocycles. The molecule has 9 heteroatoms. The molecule has 3 heterocycles. The molecule has 0 bridgehead atoms. The van der Waals surface area contributed by atoms with Gasteiger partial charge < -0.3 is 4.57 Å². The predicted molar refractivity (Wildman–Crippen MR) is 92.8 cm³/mol. The Labute approximate surface area is 152 Å². The van der Waals surface area contributed by atoms with Crippen LogP contribution in [0, 0.1) is 0 Å². The highest BCUT2D eigenvalue weighted by Gasteiger charge is 2.34. The Morgan fingerprint density at radius 2 is 1.85 bits per heavy atom. The van der Waals surface area contributed by atoms with Gasteiger partial charge in [-0.3, -0.25) is 0 Å². The Morgan fingerprint density at radius 1 is 1.07 bits per heavy atom. The lowest BCUT2D eigenvalue weighted by atomic mass is 10.1. The number of benzene rings is 1. The molecule has 4 aromatic rings. The van der Waals surface area contributed by atoms with Crippen LogP contribution in [0.1, 0.15) is 18.2 Å². The molecule has 138 valence electrons. The first-order valence-electron chi connectivity index (χ1n) is 8.31. The molecule has 0 aliphatic heterocycles. The van der Waals surface area contributed by atoms with Gasteiger partial charge in [-0.05, 0) is 12.5 Å². The molecular weight excluding hydrogens is 357 g/mol. The summed E-state index contributed by atoms with van der Waals surface area (Å²) in [5.74, 6) is 0.300. The maximum atomic E-state index is 12.9. The van der Waals surface area contributed by atoms with Gasteiger partial charge in [0.05, 0.1) is 18.1 Å². The third-order valence-corrected chi connectivity index (χ3v) is 4.25. The van der Waals surface area contributed by atoms with Crippen molar-refractivity contribution < 1.29 is 13.2 Å². The van der Waals surface area contributed by atoms with E-state index in [9.17, 15) is 13.2 Å². The van der Waals surface area contributed by atoms with E-state index in [1.54, 1.807) is 36.1 Å². The van der Waals surface area contributed by atoms with Crippen molar-refractivity contribution in [2.24, 2.45) is 0 Å². The summed E-state index contributed by atoms with van der Waals surface area (Å²) >= 11 is 0. The van der Waals surface area contributed by atoms with Gasteiger partial charge in [-0.2, -0.15) is 18.3 Å². The number of fused-ring (bicyclic) bond motifs is 1. The summed E-state index contributed by atoms with van der Waals surface area (Å²) in [6, 6.07) is 7.24. The topological polar surface area (TPSA) is 61.4 Å². The van der Waals surface area contributed by atoms with E-state index in [1.165, 1.54) is 10.9 Å². The largest absolute Gasteiger partial charge is 0.434 e. The second-order valence-corrected chi connectivity index (χ2v) is 6.03. The van der Waals surface area contributed by atoms with Crippen molar-refractivity contribution in [2.45, 2.75) is 26.2 Å². The fraction of sp³-hybridized carbons (Fsp3) is 0.222. The van der Waals surface area contributed by atoms with Gasteiger partial charge in [0.15, 0.2) is 11.3 Å². The predicted octanol–water partition coefficient (Wildman–Crippen LogP) is 3.78. The minimum Gasteiger partial charge on any atom is -0.331 e. The molecule has 0 atom stereocenters. The maximum Gasteiger partial charge on any atom is 0.434 e. The highest BCUT2D eigenvalue weighted by Crippen LogP contribution is 2.31. The van der Waals surface area contributed by atoms with E-state index in [-0.39, 0.29) is 0 Å². The van der Waals surface area contributed by atoms with Crippen LogP contribution in [0.5, 0.6) is 0 Å². The van der Waals surface area contributed by atoms with Crippen LogP contribution in [0.4, 0.5) is 13.2 Å². The first-order chi connectivity index (χ1) is 13.0. The van der Waals surface area contributed by atoms with Crippen LogP contribution in [-0.4, -0.2) is 29.3 Å². The number of nitrogens with zero attached hydrogens (tertiary/aromatic N) is 6. The van der Waals surface area contributed by atoms with Gasteiger partial charge in [0.25, 0.3) is 0 Å². The van der Waals surface area contributed by atoms with Crippen molar-refractivity contribution in [1.29, 1.82) is 0 Å². The Balaban J connectivity index is 1.62. The molecule has 0 saturated heterocycles. The Bertz CT molecular complexity index is 1080. The van der Waals surface area contributed by atoms with Gasteiger partial charge >= 0.3 is 6.18 Å². The highest BCUT2D eigenvalue weighted by molar-refractivity contribution is 5.72. The van der Waals surface area contributed by atoms with Crippen molar-refractivity contribution in [1.82, 2.24) is 29.3 Å². The molecule has 0 fully saturated rings. The molecule has 1 aromatic carbocycles. The Kier molecular flexibility index (Phi) is 4.14. The molecule has 0 N–H and O–H groups in total. The molecular formula is C18H15F3N6. The van der Waals surface area contributed by atoms with Crippen LogP contribution in [0.2, 0.25) is 0 Å². The molecule has 4 rings (SSSR count).